The zero-order valence-electron chi connectivity index (χ0n) is 21.7. The number of β-amino-alcohol motifs (C(OH)–C–C–N with tert-alkyl or cyclic N) is 1. The fourth-order valence-corrected chi connectivity index (χ4v) is 6.17. The quantitative estimate of drug-likeness (QED) is 0.517. The number of amidine groups is 1. The molecule has 194 valence electrons. The van der Waals surface area contributed by atoms with Crippen LogP contribution in [0, 0.1) is 12.8 Å². The Morgan fingerprint density at radius 2 is 2.00 bits per heavy atom. The minimum absolute atomic E-state index is 0.0289. The Morgan fingerprint density at radius 3 is 2.59 bits per heavy atom. The van der Waals surface area contributed by atoms with Crippen LogP contribution in [0.2, 0.25) is 0 Å². The first kappa shape index (κ1) is 25.3. The number of aliphatic hydroxyl groups is 1. The lowest BCUT2D eigenvalue weighted by molar-refractivity contribution is -0.134. The van der Waals surface area contributed by atoms with Gasteiger partial charge in [-0.25, -0.2) is 4.98 Å². The third-order valence-corrected chi connectivity index (χ3v) is 8.37. The number of nitrogens with one attached hydrogen (secondary N) is 1. The molecule has 37 heavy (non-hydrogen) atoms. The number of aryl methyl sites for hydroxylation is 2. The van der Waals surface area contributed by atoms with Crippen molar-refractivity contribution in [3.8, 4) is 10.4 Å². The summed E-state index contributed by atoms with van der Waals surface area (Å²) < 4.78 is 1.68. The van der Waals surface area contributed by atoms with Gasteiger partial charge in [0.1, 0.15) is 11.4 Å². The highest BCUT2D eigenvalue weighted by molar-refractivity contribution is 7.13. The maximum Gasteiger partial charge on any atom is 0.277 e. The lowest BCUT2D eigenvalue weighted by atomic mass is 9.88. The van der Waals surface area contributed by atoms with Crippen molar-refractivity contribution < 1.29 is 14.7 Å². The number of thiazole rings is 1. The lowest BCUT2D eigenvalue weighted by Crippen LogP contribution is -2.51. The van der Waals surface area contributed by atoms with Gasteiger partial charge in [0.25, 0.3) is 5.91 Å². The zero-order chi connectivity index (χ0) is 26.5. The third kappa shape index (κ3) is 4.48. The van der Waals surface area contributed by atoms with E-state index < -0.39 is 23.6 Å². The molecule has 2 aliphatic heterocycles. The maximum atomic E-state index is 13.8. The van der Waals surface area contributed by atoms with E-state index in [4.69, 9.17) is 0 Å². The molecule has 0 saturated carbocycles. The Kier molecular flexibility index (Phi) is 6.49. The summed E-state index contributed by atoms with van der Waals surface area (Å²) in [5, 5.41) is 18.1. The van der Waals surface area contributed by atoms with E-state index in [-0.39, 0.29) is 24.3 Å². The highest BCUT2D eigenvalue weighted by atomic mass is 32.1. The van der Waals surface area contributed by atoms with Gasteiger partial charge in [0.2, 0.25) is 5.91 Å². The molecule has 1 saturated heterocycles. The zero-order valence-corrected chi connectivity index (χ0v) is 22.5. The molecule has 0 aliphatic carbocycles. The molecule has 0 radical (unpaired) electrons. The number of aliphatic hydroxyl groups excluding tert-OH is 1. The fourth-order valence-electron chi connectivity index (χ4n) is 5.35. The van der Waals surface area contributed by atoms with Crippen molar-refractivity contribution in [2.24, 2.45) is 18.0 Å². The number of benzene rings is 1. The van der Waals surface area contributed by atoms with Gasteiger partial charge in [-0.15, -0.1) is 11.3 Å². The Morgan fingerprint density at radius 1 is 1.27 bits per heavy atom. The van der Waals surface area contributed by atoms with Crippen LogP contribution in [-0.4, -0.2) is 61.1 Å². The Bertz CT molecular complexity index is 1360. The summed E-state index contributed by atoms with van der Waals surface area (Å²) in [5.41, 5.74) is 4.41. The third-order valence-electron chi connectivity index (χ3n) is 7.39. The highest BCUT2D eigenvalue weighted by Gasteiger charge is 2.48. The molecule has 4 heterocycles. The molecule has 2 aliphatic rings. The number of carbonyl (C=O) groups excluding carboxylic acids is 2. The van der Waals surface area contributed by atoms with E-state index in [1.165, 1.54) is 0 Å². The van der Waals surface area contributed by atoms with Crippen LogP contribution in [0.4, 0.5) is 0 Å². The minimum atomic E-state index is -1.06. The van der Waals surface area contributed by atoms with Gasteiger partial charge in [-0.05, 0) is 30.9 Å². The van der Waals surface area contributed by atoms with E-state index >= 15 is 0 Å². The first-order valence-corrected chi connectivity index (χ1v) is 13.4. The molecule has 4 atom stereocenters. The molecule has 1 unspecified atom stereocenters. The van der Waals surface area contributed by atoms with Gasteiger partial charge in [-0.3, -0.25) is 14.3 Å². The molecule has 10 heteroatoms. The van der Waals surface area contributed by atoms with Crippen LogP contribution >= 0.6 is 11.3 Å². The van der Waals surface area contributed by atoms with Crippen molar-refractivity contribution in [2.75, 3.05) is 6.54 Å². The van der Waals surface area contributed by atoms with Crippen LogP contribution in [0.25, 0.3) is 10.4 Å². The average Bonchev–Trinajstić information content (AvgIpc) is 3.62. The van der Waals surface area contributed by atoms with Crippen LogP contribution in [0.1, 0.15) is 49.9 Å². The Labute approximate surface area is 220 Å². The van der Waals surface area contributed by atoms with Crippen LogP contribution in [0.3, 0.4) is 0 Å². The van der Waals surface area contributed by atoms with E-state index in [2.05, 4.69) is 20.4 Å². The number of nitrogens with zero attached hydrogens (tertiary/aromatic N) is 5. The van der Waals surface area contributed by atoms with E-state index in [1.807, 2.05) is 70.7 Å². The number of hydrogen-bond donors (Lipinski definition) is 2. The Balaban J connectivity index is 1.39. The van der Waals surface area contributed by atoms with Crippen molar-refractivity contribution in [1.29, 1.82) is 0 Å². The van der Waals surface area contributed by atoms with E-state index in [0.717, 1.165) is 27.3 Å². The summed E-state index contributed by atoms with van der Waals surface area (Å²) >= 11 is 1.58. The SMILES string of the molecule is Cc1ncsc1-c1ccc([C@]2(C)NC([C@H]3C[C@@H](O)CN3C(=O)C(c3cnn(C)c3)C(C)C)=NC2=O)cc1. The lowest BCUT2D eigenvalue weighted by Gasteiger charge is -2.31. The first-order chi connectivity index (χ1) is 17.6. The van der Waals surface area contributed by atoms with Crippen molar-refractivity contribution in [1.82, 2.24) is 25.0 Å². The molecular weight excluding hydrogens is 488 g/mol. The van der Waals surface area contributed by atoms with Crippen molar-refractivity contribution in [3.63, 3.8) is 0 Å². The second kappa shape index (κ2) is 9.50. The second-order valence-electron chi connectivity index (χ2n) is 10.5. The standard InChI is InChI=1S/C27H32N6O3S/c1-15(2)22(18-11-29-32(5)12-18)25(35)33-13-20(34)10-21(33)24-30-26(36)27(4,31-24)19-8-6-17(7-9-19)23-16(3)28-14-37-23/h6-9,11-12,14-15,20-22,34H,10,13H2,1-5H3,(H,30,31,36)/t20-,21-,22?,27+/m1/s1. The molecule has 2 aromatic heterocycles. The number of carbonyl (C=O) groups is 2. The number of aliphatic imine (C=N–C) groups is 1. The van der Waals surface area contributed by atoms with Crippen LogP contribution in [0.15, 0.2) is 47.2 Å². The maximum absolute atomic E-state index is 13.8. The molecule has 1 fully saturated rings. The Hall–Kier alpha value is -3.37. The predicted octanol–water partition coefficient (Wildman–Crippen LogP) is 3.00. The minimum Gasteiger partial charge on any atom is -0.391 e. The van der Waals surface area contributed by atoms with E-state index in [0.29, 0.717) is 12.3 Å². The molecule has 1 aromatic carbocycles. The molecular formula is C27H32N6O3S. The largest absolute Gasteiger partial charge is 0.391 e. The van der Waals surface area contributed by atoms with Crippen molar-refractivity contribution in [3.05, 3.63) is 59.0 Å². The number of hydrogen-bond acceptors (Lipinski definition) is 7. The molecule has 2 amide bonds. The van der Waals surface area contributed by atoms with Gasteiger partial charge in [0.15, 0.2) is 0 Å². The number of amides is 2. The summed E-state index contributed by atoms with van der Waals surface area (Å²) in [6, 6.07) is 7.34. The summed E-state index contributed by atoms with van der Waals surface area (Å²) in [6.45, 7) is 7.98. The summed E-state index contributed by atoms with van der Waals surface area (Å²) in [7, 11) is 1.82. The van der Waals surface area contributed by atoms with Crippen molar-refractivity contribution in [2.45, 2.75) is 57.7 Å². The first-order valence-electron chi connectivity index (χ1n) is 12.5. The second-order valence-corrected chi connectivity index (χ2v) is 11.3. The summed E-state index contributed by atoms with van der Waals surface area (Å²) in [5.74, 6) is -0.368. The predicted molar refractivity (Wildman–Crippen MR) is 142 cm³/mol. The highest BCUT2D eigenvalue weighted by Crippen LogP contribution is 2.35. The van der Waals surface area contributed by atoms with Gasteiger partial charge in [-0.1, -0.05) is 38.1 Å². The van der Waals surface area contributed by atoms with Gasteiger partial charge in [0, 0.05) is 31.8 Å². The van der Waals surface area contributed by atoms with Crippen LogP contribution in [0.5, 0.6) is 0 Å². The smallest absolute Gasteiger partial charge is 0.277 e. The fraction of sp³-hybridized carbons (Fsp3) is 0.444. The summed E-state index contributed by atoms with van der Waals surface area (Å²) in [6.07, 6.45) is 3.20. The van der Waals surface area contributed by atoms with Crippen LogP contribution in [-0.2, 0) is 22.2 Å². The molecule has 5 rings (SSSR count). The van der Waals surface area contributed by atoms with Gasteiger partial charge in [-0.2, -0.15) is 10.1 Å². The monoisotopic (exact) mass is 520 g/mol. The molecule has 9 nitrogen and oxygen atoms in total. The normalized spacial score (nSPS) is 24.5. The number of aromatic nitrogens is 3. The number of rotatable bonds is 6. The van der Waals surface area contributed by atoms with Crippen molar-refractivity contribution >= 4 is 29.0 Å². The molecule has 2 N–H and O–H groups in total. The topological polar surface area (TPSA) is 113 Å². The van der Waals surface area contributed by atoms with E-state index in [1.54, 1.807) is 27.1 Å². The van der Waals surface area contributed by atoms with Gasteiger partial charge >= 0.3 is 0 Å². The van der Waals surface area contributed by atoms with Crippen LogP contribution < -0.4 is 5.32 Å². The molecule has 3 aromatic rings. The van der Waals surface area contributed by atoms with Gasteiger partial charge < -0.3 is 15.3 Å². The summed E-state index contributed by atoms with van der Waals surface area (Å²) in [4.78, 5) is 38.5. The van der Waals surface area contributed by atoms with E-state index in [9.17, 15) is 14.7 Å². The molecule has 0 bridgehead atoms. The average molecular weight is 521 g/mol. The number of likely N-dealkylation sites (tertiary alicyclic amines) is 1. The van der Waals surface area contributed by atoms with Gasteiger partial charge in [0.05, 0.1) is 40.3 Å². The molecule has 0 spiro atoms.